The fraction of sp³-hybridized carbons (Fsp3) is 0.667. The smallest absolute Gasteiger partial charge is 0.192 e. The van der Waals surface area contributed by atoms with Crippen LogP contribution in [0.25, 0.3) is 0 Å². The monoisotopic (exact) mass is 232 g/mol. The van der Waals surface area contributed by atoms with E-state index in [0.29, 0.717) is 6.42 Å². The number of rotatable bonds is 4. The summed E-state index contributed by atoms with van der Waals surface area (Å²) in [6.45, 7) is 1.44. The Morgan fingerprint density at radius 3 is 2.79 bits per heavy atom. The molecule has 0 aliphatic carbocycles. The van der Waals surface area contributed by atoms with Gasteiger partial charge in [-0.15, -0.1) is 0 Å². The summed E-state index contributed by atoms with van der Waals surface area (Å²) < 4.78 is 0. The second kappa shape index (κ2) is 5.56. The highest BCUT2D eigenvalue weighted by Crippen LogP contribution is 2.28. The van der Waals surface area contributed by atoms with E-state index < -0.39 is 0 Å². The van der Waals surface area contributed by atoms with Crippen molar-refractivity contribution in [2.75, 3.05) is 11.5 Å². The van der Waals surface area contributed by atoms with Gasteiger partial charge in [-0.25, -0.2) is 0 Å². The van der Waals surface area contributed by atoms with Gasteiger partial charge in [0.15, 0.2) is 10.2 Å². The molecule has 0 amide bonds. The van der Waals surface area contributed by atoms with Crippen molar-refractivity contribution in [3.8, 4) is 0 Å². The highest BCUT2D eigenvalue weighted by molar-refractivity contribution is 8.14. The van der Waals surface area contributed by atoms with Gasteiger partial charge in [0, 0.05) is 25.0 Å². The van der Waals surface area contributed by atoms with Crippen LogP contribution in [0.4, 0.5) is 0 Å². The molecule has 0 saturated carbocycles. The van der Waals surface area contributed by atoms with Crippen LogP contribution in [0.1, 0.15) is 19.8 Å². The molecule has 1 aliphatic heterocycles. The minimum Gasteiger partial charge on any atom is -0.299 e. The molecule has 5 heteroatoms. The van der Waals surface area contributed by atoms with E-state index in [1.807, 2.05) is 0 Å². The van der Waals surface area contributed by atoms with Gasteiger partial charge in [-0.1, -0.05) is 23.5 Å². The molecule has 1 heterocycles. The maximum atomic E-state index is 11.3. The van der Waals surface area contributed by atoms with Crippen molar-refractivity contribution >= 4 is 39.5 Å². The van der Waals surface area contributed by atoms with Crippen LogP contribution in [-0.4, -0.2) is 27.5 Å². The zero-order chi connectivity index (χ0) is 10.6. The average Bonchev–Trinajstić information content (AvgIpc) is 2.49. The van der Waals surface area contributed by atoms with Crippen molar-refractivity contribution in [1.29, 1.82) is 0 Å². The van der Waals surface area contributed by atoms with Gasteiger partial charge >= 0.3 is 0 Å². The van der Waals surface area contributed by atoms with Crippen molar-refractivity contribution < 1.29 is 14.4 Å². The highest BCUT2D eigenvalue weighted by atomic mass is 32.2. The van der Waals surface area contributed by atoms with E-state index >= 15 is 0 Å². The van der Waals surface area contributed by atoms with E-state index in [4.69, 9.17) is 0 Å². The third-order valence-corrected chi connectivity index (χ3v) is 3.88. The first kappa shape index (κ1) is 11.8. The number of ketones is 1. The summed E-state index contributed by atoms with van der Waals surface area (Å²) in [5.41, 5.74) is 0. The zero-order valence-corrected chi connectivity index (χ0v) is 9.58. The second-order valence-electron chi connectivity index (χ2n) is 3.18. The van der Waals surface area contributed by atoms with Crippen LogP contribution in [0.3, 0.4) is 0 Å². The molecule has 0 N–H and O–H groups in total. The first-order valence-electron chi connectivity index (χ1n) is 4.41. The fourth-order valence-corrected chi connectivity index (χ4v) is 2.76. The molecule has 0 aromatic rings. The van der Waals surface area contributed by atoms with Crippen molar-refractivity contribution in [3.63, 3.8) is 0 Å². The molecule has 1 aliphatic rings. The summed E-state index contributed by atoms with van der Waals surface area (Å²) in [4.78, 5) is 33.1. The summed E-state index contributed by atoms with van der Waals surface area (Å²) in [6, 6.07) is 0. The second-order valence-corrected chi connectivity index (χ2v) is 5.43. The van der Waals surface area contributed by atoms with Crippen LogP contribution < -0.4 is 0 Å². The SMILES string of the molecule is CC(=O)SCC(=O)CC1CCSC1=O. The number of Topliss-reactive ketones (excluding diaryl/α,β-unsaturated/α-hetero) is 1. The summed E-state index contributed by atoms with van der Waals surface area (Å²) in [5.74, 6) is 0.951. The fourth-order valence-electron chi connectivity index (χ4n) is 1.24. The third kappa shape index (κ3) is 3.84. The molecule has 1 saturated heterocycles. The van der Waals surface area contributed by atoms with E-state index in [0.717, 1.165) is 23.9 Å². The lowest BCUT2D eigenvalue weighted by molar-refractivity contribution is -0.121. The first-order chi connectivity index (χ1) is 6.59. The Balaban J connectivity index is 2.26. The number of carbonyl (C=O) groups is 3. The Morgan fingerprint density at radius 2 is 2.29 bits per heavy atom. The molecular weight excluding hydrogens is 220 g/mol. The van der Waals surface area contributed by atoms with Gasteiger partial charge in [0.2, 0.25) is 0 Å². The molecule has 0 radical (unpaired) electrons. The van der Waals surface area contributed by atoms with Crippen molar-refractivity contribution in [2.24, 2.45) is 5.92 Å². The minimum absolute atomic E-state index is 0.00560. The van der Waals surface area contributed by atoms with Crippen molar-refractivity contribution in [2.45, 2.75) is 19.8 Å². The largest absolute Gasteiger partial charge is 0.299 e. The van der Waals surface area contributed by atoms with E-state index in [-0.39, 0.29) is 27.7 Å². The Labute approximate surface area is 91.4 Å². The zero-order valence-electron chi connectivity index (χ0n) is 7.95. The molecule has 1 atom stereocenters. The van der Waals surface area contributed by atoms with Gasteiger partial charge in [0.05, 0.1) is 5.75 Å². The van der Waals surface area contributed by atoms with E-state index in [9.17, 15) is 14.4 Å². The van der Waals surface area contributed by atoms with Crippen LogP contribution in [0.2, 0.25) is 0 Å². The summed E-state index contributed by atoms with van der Waals surface area (Å²) in [6.07, 6.45) is 1.12. The van der Waals surface area contributed by atoms with Gasteiger partial charge < -0.3 is 0 Å². The number of hydrogen-bond acceptors (Lipinski definition) is 5. The lowest BCUT2D eigenvalue weighted by Gasteiger charge is -2.04. The molecule has 78 valence electrons. The molecule has 0 spiro atoms. The van der Waals surface area contributed by atoms with E-state index in [2.05, 4.69) is 0 Å². The molecule has 1 fully saturated rings. The number of hydrogen-bond donors (Lipinski definition) is 0. The maximum Gasteiger partial charge on any atom is 0.192 e. The van der Waals surface area contributed by atoms with Crippen LogP contribution in [0, 0.1) is 5.92 Å². The predicted molar refractivity (Wildman–Crippen MR) is 58.3 cm³/mol. The third-order valence-electron chi connectivity index (χ3n) is 1.95. The molecule has 3 nitrogen and oxygen atoms in total. The lowest BCUT2D eigenvalue weighted by atomic mass is 10.0. The van der Waals surface area contributed by atoms with Gasteiger partial charge in [-0.3, -0.25) is 14.4 Å². The summed E-state index contributed by atoms with van der Waals surface area (Å²) >= 11 is 2.32. The summed E-state index contributed by atoms with van der Waals surface area (Å²) in [5, 5.41) is 0.0802. The lowest BCUT2D eigenvalue weighted by Crippen LogP contribution is -2.13. The van der Waals surface area contributed by atoms with Crippen LogP contribution in [-0.2, 0) is 14.4 Å². The van der Waals surface area contributed by atoms with Crippen LogP contribution in [0.15, 0.2) is 0 Å². The number of carbonyl (C=O) groups excluding carboxylic acids is 3. The molecule has 0 aromatic carbocycles. The van der Waals surface area contributed by atoms with Crippen molar-refractivity contribution in [1.82, 2.24) is 0 Å². The standard InChI is InChI=1S/C9H12O3S2/c1-6(10)14-5-8(11)4-7-2-3-13-9(7)12/h7H,2-5H2,1H3. The Hall–Kier alpha value is -0.290. The Bertz CT molecular complexity index is 263. The van der Waals surface area contributed by atoms with Gasteiger partial charge in [0.25, 0.3) is 0 Å². The average molecular weight is 232 g/mol. The highest BCUT2D eigenvalue weighted by Gasteiger charge is 2.27. The Kier molecular flexibility index (Phi) is 4.68. The quantitative estimate of drug-likeness (QED) is 0.735. The normalized spacial score (nSPS) is 21.2. The molecule has 1 rings (SSSR count). The molecule has 0 aromatic heterocycles. The predicted octanol–water partition coefficient (Wildman–Crippen LogP) is 1.50. The number of thioether (sulfide) groups is 2. The minimum atomic E-state index is -0.0972. The molecule has 0 bridgehead atoms. The maximum absolute atomic E-state index is 11.3. The van der Waals surface area contributed by atoms with E-state index in [1.54, 1.807) is 0 Å². The molecule has 1 unspecified atom stereocenters. The van der Waals surface area contributed by atoms with E-state index in [1.165, 1.54) is 18.7 Å². The van der Waals surface area contributed by atoms with Crippen LogP contribution in [0.5, 0.6) is 0 Å². The van der Waals surface area contributed by atoms with Gasteiger partial charge in [0.1, 0.15) is 5.78 Å². The summed E-state index contributed by atoms with van der Waals surface area (Å²) in [7, 11) is 0. The topological polar surface area (TPSA) is 51.2 Å². The van der Waals surface area contributed by atoms with Gasteiger partial charge in [-0.05, 0) is 6.42 Å². The Morgan fingerprint density at radius 1 is 1.57 bits per heavy atom. The van der Waals surface area contributed by atoms with Crippen molar-refractivity contribution in [3.05, 3.63) is 0 Å². The van der Waals surface area contributed by atoms with Gasteiger partial charge in [-0.2, -0.15) is 0 Å². The molecular formula is C9H12O3S2. The molecule has 14 heavy (non-hydrogen) atoms. The first-order valence-corrected chi connectivity index (χ1v) is 6.38. The van der Waals surface area contributed by atoms with Crippen LogP contribution >= 0.6 is 23.5 Å².